The van der Waals surface area contributed by atoms with Crippen molar-refractivity contribution in [2.24, 2.45) is 0 Å². The number of hydrogen-bond acceptors (Lipinski definition) is 5. The first-order valence-electron chi connectivity index (χ1n) is 9.24. The van der Waals surface area contributed by atoms with Crippen LogP contribution < -0.4 is 4.90 Å². The molecule has 8 heteroatoms. The third-order valence-corrected chi connectivity index (χ3v) is 5.10. The summed E-state index contributed by atoms with van der Waals surface area (Å²) in [5.41, 5.74) is 0.121. The number of para-hydroxylation sites is 1. The van der Waals surface area contributed by atoms with Gasteiger partial charge in [0.15, 0.2) is 23.2 Å². The van der Waals surface area contributed by atoms with E-state index in [0.29, 0.717) is 11.0 Å². The van der Waals surface area contributed by atoms with E-state index in [1.54, 1.807) is 30.3 Å². The Labute approximate surface area is 173 Å². The molecule has 1 aliphatic heterocycles. The molecule has 6 nitrogen and oxygen atoms in total. The average Bonchev–Trinajstić information content (AvgIpc) is 3.49. The van der Waals surface area contributed by atoms with Gasteiger partial charge in [-0.05, 0) is 36.4 Å². The standard InChI is InChI=1S/C23H13F2NO5/c24-14-8-7-13(11-15(14)25)26-20(17-6-3-9-30-17)19(22(28)23(26)29)21(27)18-10-12-4-1-2-5-16(12)31-18/h1-11,20,28H. The highest BCUT2D eigenvalue weighted by Crippen LogP contribution is 2.42. The van der Waals surface area contributed by atoms with Gasteiger partial charge in [-0.3, -0.25) is 14.5 Å². The first-order valence-corrected chi connectivity index (χ1v) is 9.24. The van der Waals surface area contributed by atoms with Gasteiger partial charge < -0.3 is 13.9 Å². The number of furan rings is 2. The van der Waals surface area contributed by atoms with E-state index in [1.165, 1.54) is 24.5 Å². The van der Waals surface area contributed by atoms with Crippen LogP contribution in [-0.2, 0) is 4.79 Å². The Balaban J connectivity index is 1.65. The summed E-state index contributed by atoms with van der Waals surface area (Å²) in [5.74, 6) is -4.71. The highest BCUT2D eigenvalue weighted by molar-refractivity contribution is 6.20. The van der Waals surface area contributed by atoms with Crippen molar-refractivity contribution < 1.29 is 32.3 Å². The summed E-state index contributed by atoms with van der Waals surface area (Å²) in [5, 5.41) is 11.3. The van der Waals surface area contributed by atoms with Gasteiger partial charge in [-0.15, -0.1) is 0 Å². The van der Waals surface area contributed by atoms with Crippen LogP contribution in [0.5, 0.6) is 0 Å². The van der Waals surface area contributed by atoms with Crippen LogP contribution in [0.25, 0.3) is 11.0 Å². The Morgan fingerprint density at radius 2 is 1.81 bits per heavy atom. The minimum Gasteiger partial charge on any atom is -0.503 e. The second-order valence-electron chi connectivity index (χ2n) is 6.93. The van der Waals surface area contributed by atoms with Crippen molar-refractivity contribution in [3.05, 3.63) is 101 Å². The van der Waals surface area contributed by atoms with E-state index in [2.05, 4.69) is 0 Å². The third kappa shape index (κ3) is 2.92. The fourth-order valence-corrected chi connectivity index (χ4v) is 3.68. The maximum atomic E-state index is 13.9. The SMILES string of the molecule is O=C(C1=C(O)C(=O)N(c2ccc(F)c(F)c2)C1c1ccco1)c1cc2ccccc2o1. The molecule has 1 aliphatic rings. The fraction of sp³-hybridized carbons (Fsp3) is 0.0435. The molecule has 31 heavy (non-hydrogen) atoms. The molecular weight excluding hydrogens is 408 g/mol. The van der Waals surface area contributed by atoms with Gasteiger partial charge in [0.25, 0.3) is 5.91 Å². The van der Waals surface area contributed by atoms with Crippen molar-refractivity contribution in [3.8, 4) is 0 Å². The Hall–Kier alpha value is -4.20. The summed E-state index contributed by atoms with van der Waals surface area (Å²) >= 11 is 0. The van der Waals surface area contributed by atoms with Gasteiger partial charge in [0.2, 0.25) is 5.78 Å². The van der Waals surface area contributed by atoms with Crippen LogP contribution in [0.4, 0.5) is 14.5 Å². The summed E-state index contributed by atoms with van der Waals surface area (Å²) in [6.07, 6.45) is 1.34. The number of benzene rings is 2. The molecule has 0 saturated carbocycles. The van der Waals surface area contributed by atoms with Gasteiger partial charge in [-0.25, -0.2) is 8.78 Å². The van der Waals surface area contributed by atoms with Crippen LogP contribution in [-0.4, -0.2) is 16.8 Å². The molecule has 1 N–H and O–H groups in total. The zero-order valence-electron chi connectivity index (χ0n) is 15.7. The maximum absolute atomic E-state index is 13.9. The van der Waals surface area contributed by atoms with Crippen molar-refractivity contribution in [1.29, 1.82) is 0 Å². The van der Waals surface area contributed by atoms with Crippen LogP contribution in [0, 0.1) is 11.6 Å². The third-order valence-electron chi connectivity index (χ3n) is 5.10. The molecule has 1 amide bonds. The van der Waals surface area contributed by atoms with Gasteiger partial charge in [0.1, 0.15) is 17.4 Å². The number of anilines is 1. The molecule has 0 fully saturated rings. The molecule has 2 aromatic carbocycles. The molecule has 1 atom stereocenters. The van der Waals surface area contributed by atoms with E-state index < -0.39 is 35.1 Å². The molecule has 5 rings (SSSR count). The van der Waals surface area contributed by atoms with Crippen molar-refractivity contribution >= 4 is 28.3 Å². The minimum absolute atomic E-state index is 0.0516. The number of rotatable bonds is 4. The normalized spacial score (nSPS) is 16.5. The smallest absolute Gasteiger partial charge is 0.294 e. The number of carbonyl (C=O) groups is 2. The molecule has 0 spiro atoms. The topological polar surface area (TPSA) is 83.9 Å². The summed E-state index contributed by atoms with van der Waals surface area (Å²) in [6, 6.07) is 13.1. The summed E-state index contributed by atoms with van der Waals surface area (Å²) in [4.78, 5) is 27.2. The largest absolute Gasteiger partial charge is 0.503 e. The van der Waals surface area contributed by atoms with Crippen molar-refractivity contribution in [2.45, 2.75) is 6.04 Å². The number of aliphatic hydroxyl groups is 1. The molecule has 154 valence electrons. The van der Waals surface area contributed by atoms with Crippen LogP contribution in [0.3, 0.4) is 0 Å². The fourth-order valence-electron chi connectivity index (χ4n) is 3.68. The van der Waals surface area contributed by atoms with Gasteiger partial charge in [0.05, 0.1) is 11.8 Å². The lowest BCUT2D eigenvalue weighted by Gasteiger charge is -2.24. The van der Waals surface area contributed by atoms with Crippen molar-refractivity contribution in [1.82, 2.24) is 0 Å². The molecular formula is C23H13F2NO5. The predicted octanol–water partition coefficient (Wildman–Crippen LogP) is 5.09. The predicted molar refractivity (Wildman–Crippen MR) is 105 cm³/mol. The Morgan fingerprint density at radius 3 is 2.52 bits per heavy atom. The van der Waals surface area contributed by atoms with Gasteiger partial charge >= 0.3 is 0 Å². The number of hydrogen-bond donors (Lipinski definition) is 1. The number of amides is 1. The minimum atomic E-state index is -1.20. The number of Topliss-reactive ketones (excluding diaryl/α,β-unsaturated/α-hetero) is 1. The number of aliphatic hydroxyl groups excluding tert-OH is 1. The first-order chi connectivity index (χ1) is 15.0. The highest BCUT2D eigenvalue weighted by Gasteiger charge is 2.46. The van der Waals surface area contributed by atoms with E-state index in [0.717, 1.165) is 17.0 Å². The Morgan fingerprint density at radius 1 is 1.00 bits per heavy atom. The lowest BCUT2D eigenvalue weighted by molar-refractivity contribution is -0.117. The molecule has 3 heterocycles. The number of ketones is 1. The molecule has 0 saturated heterocycles. The number of carbonyl (C=O) groups excluding carboxylic acids is 2. The lowest BCUT2D eigenvalue weighted by atomic mass is 9.99. The Bertz CT molecular complexity index is 1340. The second-order valence-corrected chi connectivity index (χ2v) is 6.93. The number of halogens is 2. The van der Waals surface area contributed by atoms with Crippen LogP contribution in [0.15, 0.2) is 87.1 Å². The average molecular weight is 421 g/mol. The van der Waals surface area contributed by atoms with Crippen LogP contribution in [0.1, 0.15) is 22.4 Å². The van der Waals surface area contributed by atoms with Crippen LogP contribution in [0.2, 0.25) is 0 Å². The Kier molecular flexibility index (Phi) is 4.21. The zero-order valence-corrected chi connectivity index (χ0v) is 15.7. The second kappa shape index (κ2) is 6.94. The van der Waals surface area contributed by atoms with E-state index in [1.807, 2.05) is 0 Å². The van der Waals surface area contributed by atoms with Crippen LogP contribution >= 0.6 is 0 Å². The highest BCUT2D eigenvalue weighted by atomic mass is 19.2. The molecule has 0 radical (unpaired) electrons. The molecule has 0 bridgehead atoms. The lowest BCUT2D eigenvalue weighted by Crippen LogP contribution is -2.31. The first kappa shape index (κ1) is 18.8. The maximum Gasteiger partial charge on any atom is 0.294 e. The summed E-state index contributed by atoms with van der Waals surface area (Å²) in [7, 11) is 0. The molecule has 2 aromatic heterocycles. The monoisotopic (exact) mass is 421 g/mol. The van der Waals surface area contributed by atoms with Crippen molar-refractivity contribution in [2.75, 3.05) is 4.90 Å². The van der Waals surface area contributed by atoms with E-state index >= 15 is 0 Å². The van der Waals surface area contributed by atoms with Gasteiger partial charge in [-0.2, -0.15) is 0 Å². The van der Waals surface area contributed by atoms with Gasteiger partial charge in [0, 0.05) is 17.1 Å². The van der Waals surface area contributed by atoms with E-state index in [9.17, 15) is 23.5 Å². The van der Waals surface area contributed by atoms with E-state index in [4.69, 9.17) is 8.83 Å². The molecule has 1 unspecified atom stereocenters. The molecule has 0 aliphatic carbocycles. The van der Waals surface area contributed by atoms with Crippen molar-refractivity contribution in [3.63, 3.8) is 0 Å². The molecule has 4 aromatic rings. The number of fused-ring (bicyclic) bond motifs is 1. The number of nitrogens with zero attached hydrogens (tertiary/aromatic N) is 1. The zero-order chi connectivity index (χ0) is 21.7. The summed E-state index contributed by atoms with van der Waals surface area (Å²) in [6.45, 7) is 0. The van der Waals surface area contributed by atoms with Gasteiger partial charge in [-0.1, -0.05) is 18.2 Å². The quantitative estimate of drug-likeness (QED) is 0.464. The summed E-state index contributed by atoms with van der Waals surface area (Å²) < 4.78 is 38.3. The van der Waals surface area contributed by atoms with E-state index in [-0.39, 0.29) is 22.8 Å².